The van der Waals surface area contributed by atoms with E-state index in [-0.39, 0.29) is 11.6 Å². The first-order chi connectivity index (χ1) is 22.6. The normalized spacial score (nSPS) is 11.3. The van der Waals surface area contributed by atoms with Crippen LogP contribution in [0.15, 0.2) is 146 Å². The molecule has 0 fully saturated rings. The molecule has 0 radical (unpaired) electrons. The third kappa shape index (κ3) is 5.16. The van der Waals surface area contributed by atoms with Crippen LogP contribution in [0.25, 0.3) is 78.2 Å². The molecule has 0 aliphatic carbocycles. The molecule has 0 saturated heterocycles. The minimum atomic E-state index is -0.339. The topological polar surface area (TPSA) is 51.6 Å². The van der Waals surface area contributed by atoms with Crippen molar-refractivity contribution in [2.75, 3.05) is 0 Å². The molecule has 0 aliphatic rings. The summed E-state index contributed by atoms with van der Waals surface area (Å²) in [6, 6.07) is 44.5. The maximum Gasteiger partial charge on any atom is 0.123 e. The van der Waals surface area contributed by atoms with E-state index in [1.165, 1.54) is 24.3 Å². The number of benzene rings is 6. The molecule has 6 heteroatoms. The molecule has 0 saturated carbocycles. The fraction of sp³-hybridized carbons (Fsp3) is 0. The first kappa shape index (κ1) is 27.4. The van der Waals surface area contributed by atoms with Gasteiger partial charge in [-0.25, -0.2) is 28.7 Å². The summed E-state index contributed by atoms with van der Waals surface area (Å²) in [6.45, 7) is 0. The summed E-state index contributed by atoms with van der Waals surface area (Å²) >= 11 is 0. The van der Waals surface area contributed by atoms with Crippen LogP contribution in [0.2, 0.25) is 0 Å². The number of rotatable bonds is 5. The van der Waals surface area contributed by atoms with Crippen LogP contribution in [0.5, 0.6) is 0 Å². The first-order valence-electron chi connectivity index (χ1n) is 14.9. The zero-order chi connectivity index (χ0) is 31.0. The molecular weight excluding hydrogens is 574 g/mol. The number of nitrogens with zero attached hydrogens (tertiary/aromatic N) is 4. The van der Waals surface area contributed by atoms with Gasteiger partial charge in [-0.3, -0.25) is 0 Å². The summed E-state index contributed by atoms with van der Waals surface area (Å²) < 4.78 is 27.6. The van der Waals surface area contributed by atoms with E-state index in [4.69, 9.17) is 19.9 Å². The second-order valence-electron chi connectivity index (χ2n) is 11.0. The molecule has 2 heterocycles. The van der Waals surface area contributed by atoms with E-state index < -0.39 is 0 Å². The van der Waals surface area contributed by atoms with Gasteiger partial charge in [0.25, 0.3) is 0 Å². The van der Waals surface area contributed by atoms with Crippen molar-refractivity contribution in [3.63, 3.8) is 0 Å². The van der Waals surface area contributed by atoms with Crippen molar-refractivity contribution in [1.29, 1.82) is 0 Å². The largest absolute Gasteiger partial charge is 0.244 e. The summed E-state index contributed by atoms with van der Waals surface area (Å²) in [5, 5.41) is 0. The number of fused-ring (bicyclic) bond motifs is 2. The van der Waals surface area contributed by atoms with Crippen molar-refractivity contribution in [1.82, 2.24) is 19.9 Å². The predicted molar refractivity (Wildman–Crippen MR) is 180 cm³/mol. The van der Waals surface area contributed by atoms with Gasteiger partial charge in [0.15, 0.2) is 0 Å². The van der Waals surface area contributed by atoms with Crippen molar-refractivity contribution in [2.24, 2.45) is 0 Å². The van der Waals surface area contributed by atoms with Crippen LogP contribution in [0, 0.1) is 11.6 Å². The third-order valence-electron chi connectivity index (χ3n) is 7.99. The maximum absolute atomic E-state index is 13.8. The van der Waals surface area contributed by atoms with Crippen LogP contribution in [0.4, 0.5) is 8.78 Å². The lowest BCUT2D eigenvalue weighted by molar-refractivity contribution is 0.627. The summed E-state index contributed by atoms with van der Waals surface area (Å²) in [4.78, 5) is 20.2. The smallest absolute Gasteiger partial charge is 0.123 e. The number of halogens is 2. The fourth-order valence-corrected chi connectivity index (χ4v) is 5.68. The Labute approximate surface area is 263 Å². The number of aromatic nitrogens is 4. The second kappa shape index (κ2) is 11.4. The molecule has 4 nitrogen and oxygen atoms in total. The van der Waals surface area contributed by atoms with Crippen LogP contribution in [0.3, 0.4) is 0 Å². The Balaban J connectivity index is 1.27. The molecule has 218 valence electrons. The Morgan fingerprint density at radius 2 is 0.587 bits per heavy atom. The van der Waals surface area contributed by atoms with Gasteiger partial charge in [0, 0.05) is 22.3 Å². The van der Waals surface area contributed by atoms with Crippen LogP contribution in [0.1, 0.15) is 0 Å². The lowest BCUT2D eigenvalue weighted by Gasteiger charge is -2.13. The first-order valence-corrected chi connectivity index (χ1v) is 14.9. The van der Waals surface area contributed by atoms with Gasteiger partial charge < -0.3 is 0 Å². The minimum absolute atomic E-state index is 0.335. The van der Waals surface area contributed by atoms with Gasteiger partial charge in [0.2, 0.25) is 0 Å². The van der Waals surface area contributed by atoms with Gasteiger partial charge in [-0.2, -0.15) is 0 Å². The van der Waals surface area contributed by atoms with Gasteiger partial charge >= 0.3 is 0 Å². The van der Waals surface area contributed by atoms with Gasteiger partial charge in [-0.05, 0) is 83.9 Å². The average Bonchev–Trinajstić information content (AvgIpc) is 3.11. The molecule has 8 rings (SSSR count). The van der Waals surface area contributed by atoms with Gasteiger partial charge in [0.05, 0.1) is 44.8 Å². The van der Waals surface area contributed by atoms with Gasteiger partial charge in [-0.15, -0.1) is 0 Å². The highest BCUT2D eigenvalue weighted by Crippen LogP contribution is 2.35. The average molecular weight is 599 g/mol. The van der Waals surface area contributed by atoms with Crippen LogP contribution in [-0.2, 0) is 0 Å². The maximum atomic E-state index is 13.8. The molecule has 0 aliphatic heterocycles. The molecule has 0 spiro atoms. The molecular formula is C40H24F2N4. The monoisotopic (exact) mass is 598 g/mol. The van der Waals surface area contributed by atoms with Crippen LogP contribution in [-0.4, -0.2) is 19.9 Å². The van der Waals surface area contributed by atoms with Crippen LogP contribution >= 0.6 is 0 Å². The summed E-state index contributed by atoms with van der Waals surface area (Å²) in [5.41, 5.74) is 11.1. The van der Waals surface area contributed by atoms with E-state index in [2.05, 4.69) is 12.1 Å². The van der Waals surface area contributed by atoms with Crippen LogP contribution < -0.4 is 0 Å². The zero-order valence-electron chi connectivity index (χ0n) is 24.4. The van der Waals surface area contributed by atoms with E-state index in [9.17, 15) is 8.78 Å². The molecule has 6 aromatic carbocycles. The predicted octanol–water partition coefficient (Wildman–Crippen LogP) is 10.2. The lowest BCUT2D eigenvalue weighted by atomic mass is 10.0. The Bertz CT molecular complexity index is 2360. The molecule has 0 unspecified atom stereocenters. The van der Waals surface area contributed by atoms with Crippen molar-refractivity contribution in [3.8, 4) is 56.2 Å². The molecule has 0 bridgehead atoms. The van der Waals surface area contributed by atoms with Gasteiger partial charge in [0.1, 0.15) is 11.6 Å². The van der Waals surface area contributed by atoms with E-state index in [0.29, 0.717) is 28.0 Å². The summed E-state index contributed by atoms with van der Waals surface area (Å²) in [6.07, 6.45) is 0. The highest BCUT2D eigenvalue weighted by molar-refractivity contribution is 5.92. The molecule has 0 atom stereocenters. The molecule has 2 aromatic heterocycles. The fourth-order valence-electron chi connectivity index (χ4n) is 5.68. The van der Waals surface area contributed by atoms with E-state index >= 15 is 0 Å². The standard InChI is InChI=1S/C40H24F2N4/c41-31-17-11-27(12-18-31)39-40(28-13-19-32(42)20-14-28)46-36-24-30(16-22-34(36)44-39)29-15-21-33-35(23-29)45-38(26-9-5-2-6-10-26)37(43-33)25-7-3-1-4-8-25/h1-24H. The van der Waals surface area contributed by atoms with Crippen molar-refractivity contribution < 1.29 is 8.78 Å². The highest BCUT2D eigenvalue weighted by Gasteiger charge is 2.16. The molecule has 0 N–H and O–H groups in total. The van der Waals surface area contributed by atoms with E-state index in [1.807, 2.05) is 84.9 Å². The van der Waals surface area contributed by atoms with E-state index in [1.54, 1.807) is 24.3 Å². The molecule has 0 amide bonds. The quantitative estimate of drug-likeness (QED) is 0.198. The summed E-state index contributed by atoms with van der Waals surface area (Å²) in [5.74, 6) is -0.674. The zero-order valence-corrected chi connectivity index (χ0v) is 24.4. The minimum Gasteiger partial charge on any atom is -0.244 e. The Hall–Kier alpha value is -6.14. The van der Waals surface area contributed by atoms with Gasteiger partial charge in [-0.1, -0.05) is 72.8 Å². The van der Waals surface area contributed by atoms with Crippen molar-refractivity contribution >= 4 is 22.1 Å². The van der Waals surface area contributed by atoms with Crippen molar-refractivity contribution in [3.05, 3.63) is 157 Å². The Kier molecular flexibility index (Phi) is 6.80. The number of hydrogen-bond donors (Lipinski definition) is 0. The lowest BCUT2D eigenvalue weighted by Crippen LogP contribution is -1.97. The third-order valence-corrected chi connectivity index (χ3v) is 7.99. The molecule has 8 aromatic rings. The SMILES string of the molecule is Fc1ccc(-c2nc3ccc(-c4ccc5nc(-c6ccccc6)c(-c6ccccc6)nc5c4)cc3nc2-c2ccc(F)cc2)cc1. The highest BCUT2D eigenvalue weighted by atomic mass is 19.1. The summed E-state index contributed by atoms with van der Waals surface area (Å²) in [7, 11) is 0. The Morgan fingerprint density at radius 3 is 0.957 bits per heavy atom. The Morgan fingerprint density at radius 1 is 0.283 bits per heavy atom. The number of hydrogen-bond acceptors (Lipinski definition) is 4. The van der Waals surface area contributed by atoms with E-state index in [0.717, 1.165) is 50.2 Å². The van der Waals surface area contributed by atoms with Crippen molar-refractivity contribution in [2.45, 2.75) is 0 Å². The second-order valence-corrected chi connectivity index (χ2v) is 11.0. The molecule has 46 heavy (non-hydrogen) atoms.